The molecule has 2 aromatic heterocycles. The lowest BCUT2D eigenvalue weighted by Crippen LogP contribution is -2.42. The first kappa shape index (κ1) is 19.5. The van der Waals surface area contributed by atoms with E-state index in [4.69, 9.17) is 8.83 Å². The summed E-state index contributed by atoms with van der Waals surface area (Å²) < 4.78 is 11.6. The van der Waals surface area contributed by atoms with E-state index in [2.05, 4.69) is 38.5 Å². The lowest BCUT2D eigenvalue weighted by Gasteiger charge is -2.26. The smallest absolute Gasteiger partial charge is 0.216 e. The molecule has 2 aromatic rings. The van der Waals surface area contributed by atoms with Gasteiger partial charge in [0.1, 0.15) is 23.8 Å². The van der Waals surface area contributed by atoms with Gasteiger partial charge in [0, 0.05) is 13.1 Å². The first-order valence-electron chi connectivity index (χ1n) is 9.82. The molecule has 27 heavy (non-hydrogen) atoms. The Balaban J connectivity index is 1.67. The van der Waals surface area contributed by atoms with Gasteiger partial charge in [-0.15, -0.1) is 0 Å². The van der Waals surface area contributed by atoms with Crippen molar-refractivity contribution in [3.05, 3.63) is 41.0 Å². The predicted octanol–water partition coefficient (Wildman–Crippen LogP) is 3.09. The summed E-state index contributed by atoms with van der Waals surface area (Å²) in [4.78, 5) is 11.5. The van der Waals surface area contributed by atoms with Gasteiger partial charge in [0.05, 0.1) is 11.7 Å². The van der Waals surface area contributed by atoms with Crippen molar-refractivity contribution < 1.29 is 8.83 Å². The van der Waals surface area contributed by atoms with E-state index >= 15 is 0 Å². The fourth-order valence-electron chi connectivity index (χ4n) is 3.38. The van der Waals surface area contributed by atoms with Crippen LogP contribution in [0.4, 0.5) is 0 Å². The maximum Gasteiger partial charge on any atom is 0.216 e. The number of guanidine groups is 1. The van der Waals surface area contributed by atoms with Crippen LogP contribution in [0.3, 0.4) is 0 Å². The number of likely N-dealkylation sites (tertiary alicyclic amines) is 1. The average Bonchev–Trinajstić information content (AvgIpc) is 3.37. The monoisotopic (exact) mass is 373 g/mol. The van der Waals surface area contributed by atoms with Gasteiger partial charge < -0.3 is 19.5 Å². The quantitative estimate of drug-likeness (QED) is 0.574. The average molecular weight is 374 g/mol. The molecule has 3 rings (SSSR count). The molecule has 148 valence electrons. The molecule has 1 aliphatic heterocycles. The van der Waals surface area contributed by atoms with Gasteiger partial charge in [0.15, 0.2) is 5.96 Å². The minimum atomic E-state index is 0.205. The second kappa shape index (κ2) is 9.08. The molecule has 7 nitrogen and oxygen atoms in total. The van der Waals surface area contributed by atoms with Gasteiger partial charge in [0.2, 0.25) is 5.89 Å². The highest BCUT2D eigenvalue weighted by atomic mass is 16.4. The van der Waals surface area contributed by atoms with Crippen molar-refractivity contribution in [1.29, 1.82) is 0 Å². The van der Waals surface area contributed by atoms with Gasteiger partial charge >= 0.3 is 0 Å². The van der Waals surface area contributed by atoms with Crippen molar-refractivity contribution in [2.75, 3.05) is 26.2 Å². The number of aromatic nitrogens is 1. The Hall–Kier alpha value is -2.28. The normalized spacial score (nSPS) is 16.7. The van der Waals surface area contributed by atoms with E-state index in [0.717, 1.165) is 55.1 Å². The van der Waals surface area contributed by atoms with Crippen LogP contribution >= 0.6 is 0 Å². The Kier molecular flexibility index (Phi) is 6.55. The molecule has 1 atom stereocenters. The first-order valence-corrected chi connectivity index (χ1v) is 9.82. The zero-order valence-electron chi connectivity index (χ0n) is 16.8. The number of hydrogen-bond donors (Lipinski definition) is 2. The molecule has 0 amide bonds. The van der Waals surface area contributed by atoms with Gasteiger partial charge in [-0.1, -0.05) is 0 Å². The molecular weight excluding hydrogens is 342 g/mol. The Labute approximate surface area is 161 Å². The maximum absolute atomic E-state index is 5.93. The molecule has 3 heterocycles. The number of hydrogen-bond acceptors (Lipinski definition) is 5. The molecule has 1 aliphatic rings. The maximum atomic E-state index is 5.93. The van der Waals surface area contributed by atoms with E-state index in [-0.39, 0.29) is 6.04 Å². The van der Waals surface area contributed by atoms with Crippen LogP contribution in [0.1, 0.15) is 54.7 Å². The molecule has 0 radical (unpaired) electrons. The highest BCUT2D eigenvalue weighted by Crippen LogP contribution is 2.26. The number of nitrogens with zero attached hydrogens (tertiary/aromatic N) is 3. The largest absolute Gasteiger partial charge is 0.465 e. The summed E-state index contributed by atoms with van der Waals surface area (Å²) >= 11 is 0. The van der Waals surface area contributed by atoms with Gasteiger partial charge in [-0.3, -0.25) is 4.90 Å². The Bertz CT molecular complexity index is 739. The van der Waals surface area contributed by atoms with Crippen LogP contribution < -0.4 is 10.6 Å². The fourth-order valence-corrected chi connectivity index (χ4v) is 3.38. The summed E-state index contributed by atoms with van der Waals surface area (Å²) in [6.07, 6.45) is 2.49. The van der Waals surface area contributed by atoms with Crippen molar-refractivity contribution in [2.24, 2.45) is 4.99 Å². The molecule has 1 unspecified atom stereocenters. The van der Waals surface area contributed by atoms with Gasteiger partial charge in [-0.2, -0.15) is 0 Å². The second-order valence-corrected chi connectivity index (χ2v) is 7.03. The highest BCUT2D eigenvalue weighted by molar-refractivity contribution is 5.79. The van der Waals surface area contributed by atoms with Crippen LogP contribution in [0.15, 0.2) is 26.0 Å². The van der Waals surface area contributed by atoms with Crippen molar-refractivity contribution in [3.63, 3.8) is 0 Å². The third kappa shape index (κ3) is 5.13. The topological polar surface area (TPSA) is 78.8 Å². The van der Waals surface area contributed by atoms with Crippen molar-refractivity contribution >= 4 is 5.96 Å². The number of nitrogens with one attached hydrogen (secondary N) is 2. The number of rotatable bonds is 7. The summed E-state index contributed by atoms with van der Waals surface area (Å²) in [5.74, 6) is 4.21. The minimum absolute atomic E-state index is 0.205. The highest BCUT2D eigenvalue weighted by Gasteiger charge is 2.26. The summed E-state index contributed by atoms with van der Waals surface area (Å²) in [5.41, 5.74) is 0.917. The summed E-state index contributed by atoms with van der Waals surface area (Å²) in [6, 6.07) is 4.32. The summed E-state index contributed by atoms with van der Waals surface area (Å²) in [7, 11) is 0. The molecule has 0 spiro atoms. The van der Waals surface area contributed by atoms with E-state index in [1.807, 2.05) is 26.8 Å². The van der Waals surface area contributed by atoms with Crippen LogP contribution in [0, 0.1) is 20.8 Å². The molecule has 0 bridgehead atoms. The summed E-state index contributed by atoms with van der Waals surface area (Å²) in [6.45, 7) is 12.1. The predicted molar refractivity (Wildman–Crippen MR) is 106 cm³/mol. The van der Waals surface area contributed by atoms with Crippen molar-refractivity contribution in [3.8, 4) is 0 Å². The van der Waals surface area contributed by atoms with Crippen molar-refractivity contribution in [1.82, 2.24) is 20.5 Å². The van der Waals surface area contributed by atoms with E-state index in [9.17, 15) is 0 Å². The van der Waals surface area contributed by atoms with Crippen LogP contribution in [0.2, 0.25) is 0 Å². The Morgan fingerprint density at radius 3 is 2.56 bits per heavy atom. The van der Waals surface area contributed by atoms with Crippen LogP contribution in [-0.4, -0.2) is 42.0 Å². The minimum Gasteiger partial charge on any atom is -0.465 e. The van der Waals surface area contributed by atoms with Crippen LogP contribution in [0.5, 0.6) is 0 Å². The Morgan fingerprint density at radius 2 is 1.96 bits per heavy atom. The van der Waals surface area contributed by atoms with E-state index < -0.39 is 0 Å². The number of furan rings is 1. The molecule has 1 saturated heterocycles. The Morgan fingerprint density at radius 1 is 1.19 bits per heavy atom. The molecule has 0 aromatic carbocycles. The molecule has 0 aliphatic carbocycles. The standard InChI is InChI=1S/C20H31N5O2/c1-5-21-20(23-13-19-24-15(3)16(4)27-19)22-12-17(25-10-6-7-11-25)18-9-8-14(2)26-18/h8-9,17H,5-7,10-13H2,1-4H3,(H2,21,22,23). The fraction of sp³-hybridized carbons (Fsp3) is 0.600. The third-order valence-electron chi connectivity index (χ3n) is 4.92. The lowest BCUT2D eigenvalue weighted by atomic mass is 10.2. The van der Waals surface area contributed by atoms with E-state index in [0.29, 0.717) is 12.4 Å². The molecule has 1 fully saturated rings. The zero-order valence-corrected chi connectivity index (χ0v) is 16.8. The molecule has 2 N–H and O–H groups in total. The number of aryl methyl sites for hydroxylation is 3. The number of aliphatic imine (C=N–C) groups is 1. The SMILES string of the molecule is CCNC(=NCc1nc(C)c(C)o1)NCC(c1ccc(C)o1)N1CCCC1. The molecule has 7 heteroatoms. The summed E-state index contributed by atoms with van der Waals surface area (Å²) in [5, 5.41) is 6.76. The van der Waals surface area contributed by atoms with Crippen molar-refractivity contribution in [2.45, 2.75) is 53.1 Å². The van der Waals surface area contributed by atoms with E-state index in [1.54, 1.807) is 0 Å². The van der Waals surface area contributed by atoms with Gasteiger partial charge in [-0.25, -0.2) is 9.98 Å². The zero-order chi connectivity index (χ0) is 19.2. The lowest BCUT2D eigenvalue weighted by molar-refractivity contribution is 0.213. The number of oxazole rings is 1. The second-order valence-electron chi connectivity index (χ2n) is 7.03. The van der Waals surface area contributed by atoms with Gasteiger partial charge in [0.25, 0.3) is 0 Å². The van der Waals surface area contributed by atoms with Crippen LogP contribution in [0.25, 0.3) is 0 Å². The first-order chi connectivity index (χ1) is 13.1. The van der Waals surface area contributed by atoms with E-state index in [1.165, 1.54) is 12.8 Å². The third-order valence-corrected chi connectivity index (χ3v) is 4.92. The van der Waals surface area contributed by atoms with Gasteiger partial charge in [-0.05, 0) is 65.8 Å². The molecule has 0 saturated carbocycles. The molecular formula is C20H31N5O2. The van der Waals surface area contributed by atoms with Crippen LogP contribution in [-0.2, 0) is 6.54 Å².